The number of H-pyrrole nitrogens is 1. The molecule has 0 radical (unpaired) electrons. The van der Waals surface area contributed by atoms with Crippen LogP contribution in [0.4, 0.5) is 5.69 Å². The summed E-state index contributed by atoms with van der Waals surface area (Å²) in [6.07, 6.45) is 0.989. The maximum atomic E-state index is 11.8. The number of carbonyl (C=O) groups excluding carboxylic acids is 3. The Morgan fingerprint density at radius 1 is 1.08 bits per heavy atom. The standard InChI is InChI=1S/C17H17N3O6/c1-24-15(21)9-13(16(22)25-2)18-11-6-4-5-10(7-11)12-8-14(20-19-12)17(23)26-3/h4-9,18H,1-3H3,(H,19,20)/b13-9+. The van der Waals surface area contributed by atoms with E-state index in [0.717, 1.165) is 6.08 Å². The number of aromatic nitrogens is 2. The highest BCUT2D eigenvalue weighted by atomic mass is 16.5. The van der Waals surface area contributed by atoms with Gasteiger partial charge in [-0.05, 0) is 18.2 Å². The van der Waals surface area contributed by atoms with Crippen molar-refractivity contribution in [1.29, 1.82) is 0 Å². The number of esters is 3. The van der Waals surface area contributed by atoms with Crippen molar-refractivity contribution in [3.63, 3.8) is 0 Å². The Hall–Kier alpha value is -3.62. The summed E-state index contributed by atoms with van der Waals surface area (Å²) in [6.45, 7) is 0. The molecule has 2 rings (SSSR count). The van der Waals surface area contributed by atoms with Gasteiger partial charge in [-0.25, -0.2) is 14.4 Å². The minimum absolute atomic E-state index is 0.0891. The normalized spacial score (nSPS) is 10.8. The van der Waals surface area contributed by atoms with Crippen LogP contribution in [0.15, 0.2) is 42.1 Å². The van der Waals surface area contributed by atoms with Crippen LogP contribution >= 0.6 is 0 Å². The third-order valence-corrected chi connectivity index (χ3v) is 3.29. The van der Waals surface area contributed by atoms with Gasteiger partial charge in [0.1, 0.15) is 11.4 Å². The predicted octanol–water partition coefficient (Wildman–Crippen LogP) is 1.51. The van der Waals surface area contributed by atoms with Gasteiger partial charge < -0.3 is 19.5 Å². The zero-order valence-electron chi connectivity index (χ0n) is 14.4. The van der Waals surface area contributed by atoms with Crippen LogP contribution in [-0.2, 0) is 23.8 Å². The number of rotatable bonds is 6. The SMILES string of the molecule is COC(=O)/C=C(/Nc1cccc(-c2cc(C(=O)OC)[nH]n2)c1)C(=O)OC. The molecule has 9 nitrogen and oxygen atoms in total. The maximum absolute atomic E-state index is 11.8. The Morgan fingerprint density at radius 3 is 2.50 bits per heavy atom. The molecule has 0 aliphatic carbocycles. The van der Waals surface area contributed by atoms with Gasteiger partial charge in [-0.3, -0.25) is 5.10 Å². The van der Waals surface area contributed by atoms with Crippen molar-refractivity contribution in [2.24, 2.45) is 0 Å². The highest BCUT2D eigenvalue weighted by Crippen LogP contribution is 2.22. The number of anilines is 1. The van der Waals surface area contributed by atoms with Crippen molar-refractivity contribution in [3.8, 4) is 11.3 Å². The molecule has 0 saturated carbocycles. The molecule has 2 aromatic rings. The van der Waals surface area contributed by atoms with E-state index in [9.17, 15) is 14.4 Å². The average Bonchev–Trinajstić information content (AvgIpc) is 3.16. The zero-order valence-corrected chi connectivity index (χ0v) is 14.4. The third kappa shape index (κ3) is 4.47. The van der Waals surface area contributed by atoms with Crippen LogP contribution < -0.4 is 5.32 Å². The van der Waals surface area contributed by atoms with E-state index in [2.05, 4.69) is 29.7 Å². The van der Waals surface area contributed by atoms with E-state index in [1.807, 2.05) is 0 Å². The van der Waals surface area contributed by atoms with Crippen molar-refractivity contribution < 1.29 is 28.6 Å². The summed E-state index contributed by atoms with van der Waals surface area (Å²) in [5.41, 5.74) is 1.80. The fraction of sp³-hybridized carbons (Fsp3) is 0.176. The van der Waals surface area contributed by atoms with Crippen LogP contribution in [0.3, 0.4) is 0 Å². The molecular weight excluding hydrogens is 342 g/mol. The Labute approximate surface area is 148 Å². The number of hydrogen-bond acceptors (Lipinski definition) is 8. The van der Waals surface area contributed by atoms with Gasteiger partial charge in [0.2, 0.25) is 0 Å². The predicted molar refractivity (Wildman–Crippen MR) is 91.1 cm³/mol. The van der Waals surface area contributed by atoms with E-state index < -0.39 is 17.9 Å². The van der Waals surface area contributed by atoms with Crippen LogP contribution in [0.25, 0.3) is 11.3 Å². The number of carbonyl (C=O) groups is 3. The van der Waals surface area contributed by atoms with E-state index in [0.29, 0.717) is 16.9 Å². The number of ether oxygens (including phenoxy) is 3. The summed E-state index contributed by atoms with van der Waals surface area (Å²) in [5, 5.41) is 9.44. The molecule has 0 amide bonds. The van der Waals surface area contributed by atoms with Crippen LogP contribution in [0.5, 0.6) is 0 Å². The molecule has 1 heterocycles. The minimum Gasteiger partial charge on any atom is -0.466 e. The molecule has 0 saturated heterocycles. The molecule has 1 aromatic heterocycles. The number of nitrogens with zero attached hydrogens (tertiary/aromatic N) is 1. The summed E-state index contributed by atoms with van der Waals surface area (Å²) in [7, 11) is 3.67. The molecule has 0 spiro atoms. The fourth-order valence-corrected chi connectivity index (χ4v) is 2.03. The van der Waals surface area contributed by atoms with Gasteiger partial charge in [0.15, 0.2) is 0 Å². The largest absolute Gasteiger partial charge is 0.466 e. The van der Waals surface area contributed by atoms with Crippen molar-refractivity contribution in [3.05, 3.63) is 47.8 Å². The van der Waals surface area contributed by atoms with Gasteiger partial charge >= 0.3 is 17.9 Å². The second kappa shape index (κ2) is 8.47. The highest BCUT2D eigenvalue weighted by molar-refractivity contribution is 5.98. The summed E-state index contributed by atoms with van der Waals surface area (Å²) in [5.74, 6) is -1.97. The zero-order chi connectivity index (χ0) is 19.1. The number of nitrogens with one attached hydrogen (secondary N) is 2. The lowest BCUT2D eigenvalue weighted by Crippen LogP contribution is -2.15. The van der Waals surface area contributed by atoms with E-state index in [1.165, 1.54) is 27.4 Å². The van der Waals surface area contributed by atoms with Crippen molar-refractivity contribution in [1.82, 2.24) is 10.2 Å². The Balaban J connectivity index is 2.29. The van der Waals surface area contributed by atoms with Crippen LogP contribution in [-0.4, -0.2) is 49.4 Å². The summed E-state index contributed by atoms with van der Waals surface area (Å²) < 4.78 is 13.8. The Bertz CT molecular complexity index is 856. The lowest BCUT2D eigenvalue weighted by atomic mass is 10.1. The molecule has 26 heavy (non-hydrogen) atoms. The first-order valence-electron chi connectivity index (χ1n) is 7.37. The smallest absolute Gasteiger partial charge is 0.356 e. The number of methoxy groups -OCH3 is 3. The first-order valence-corrected chi connectivity index (χ1v) is 7.37. The molecule has 0 bridgehead atoms. The first-order chi connectivity index (χ1) is 12.5. The molecule has 136 valence electrons. The minimum atomic E-state index is -0.728. The fourth-order valence-electron chi connectivity index (χ4n) is 2.03. The van der Waals surface area contributed by atoms with Gasteiger partial charge in [0, 0.05) is 11.3 Å². The number of benzene rings is 1. The second-order valence-electron chi connectivity index (χ2n) is 4.94. The Kier molecular flexibility index (Phi) is 6.10. The van der Waals surface area contributed by atoms with Gasteiger partial charge in [-0.1, -0.05) is 12.1 Å². The maximum Gasteiger partial charge on any atom is 0.356 e. The lowest BCUT2D eigenvalue weighted by molar-refractivity contribution is -0.138. The van der Waals surface area contributed by atoms with Crippen LogP contribution in [0, 0.1) is 0 Å². The molecule has 0 aliphatic heterocycles. The van der Waals surface area contributed by atoms with Gasteiger partial charge in [0.25, 0.3) is 0 Å². The van der Waals surface area contributed by atoms with E-state index in [1.54, 1.807) is 24.3 Å². The third-order valence-electron chi connectivity index (χ3n) is 3.29. The van der Waals surface area contributed by atoms with Gasteiger partial charge in [-0.2, -0.15) is 5.10 Å². The summed E-state index contributed by atoms with van der Waals surface area (Å²) in [4.78, 5) is 34.7. The average molecular weight is 359 g/mol. The molecular formula is C17H17N3O6. The second-order valence-corrected chi connectivity index (χ2v) is 4.94. The molecule has 9 heteroatoms. The van der Waals surface area contributed by atoms with Crippen molar-refractivity contribution in [2.75, 3.05) is 26.6 Å². The van der Waals surface area contributed by atoms with Gasteiger partial charge in [0.05, 0.1) is 33.1 Å². The van der Waals surface area contributed by atoms with Crippen LogP contribution in [0.1, 0.15) is 10.5 Å². The quantitative estimate of drug-likeness (QED) is 0.452. The Morgan fingerprint density at radius 2 is 1.85 bits per heavy atom. The van der Waals surface area contributed by atoms with Crippen molar-refractivity contribution >= 4 is 23.6 Å². The summed E-state index contributed by atoms with van der Waals surface area (Å²) in [6, 6.07) is 8.40. The van der Waals surface area contributed by atoms with E-state index in [4.69, 9.17) is 0 Å². The number of aromatic amines is 1. The van der Waals surface area contributed by atoms with Crippen molar-refractivity contribution in [2.45, 2.75) is 0 Å². The monoisotopic (exact) mass is 359 g/mol. The van der Waals surface area contributed by atoms with E-state index in [-0.39, 0.29) is 11.4 Å². The van der Waals surface area contributed by atoms with Gasteiger partial charge in [-0.15, -0.1) is 0 Å². The molecule has 2 N–H and O–H groups in total. The number of hydrogen-bond donors (Lipinski definition) is 2. The first kappa shape index (κ1) is 18.7. The van der Waals surface area contributed by atoms with Crippen LogP contribution in [0.2, 0.25) is 0 Å². The molecule has 1 aromatic carbocycles. The highest BCUT2D eigenvalue weighted by Gasteiger charge is 2.14. The molecule has 0 aliphatic rings. The molecule has 0 atom stereocenters. The van der Waals surface area contributed by atoms with E-state index >= 15 is 0 Å². The molecule has 0 fully saturated rings. The lowest BCUT2D eigenvalue weighted by Gasteiger charge is -2.10. The summed E-state index contributed by atoms with van der Waals surface area (Å²) >= 11 is 0. The molecule has 0 unspecified atom stereocenters. The topological polar surface area (TPSA) is 120 Å².